The van der Waals surface area contributed by atoms with Crippen molar-refractivity contribution >= 4 is 17.7 Å². The first-order chi connectivity index (χ1) is 13.5. The predicted molar refractivity (Wildman–Crippen MR) is 101 cm³/mol. The Morgan fingerprint density at radius 1 is 1.14 bits per heavy atom. The number of methoxy groups -OCH3 is 3. The number of carbonyl (C=O) groups excluding carboxylic acids is 2. The number of nitrogens with zero attached hydrogens (tertiary/aromatic N) is 1. The fourth-order valence-corrected chi connectivity index (χ4v) is 2.24. The van der Waals surface area contributed by atoms with Crippen molar-refractivity contribution in [2.75, 3.05) is 27.9 Å². The van der Waals surface area contributed by atoms with Crippen molar-refractivity contribution in [2.45, 2.75) is 39.0 Å². The number of carbonyl (C=O) groups is 2. The Labute approximate surface area is 168 Å². The maximum atomic E-state index is 11.9. The van der Waals surface area contributed by atoms with Gasteiger partial charge in [0.25, 0.3) is 5.69 Å². The van der Waals surface area contributed by atoms with E-state index in [9.17, 15) is 19.7 Å². The maximum Gasteiger partial charge on any atom is 0.408 e. The molecule has 0 bridgehead atoms. The van der Waals surface area contributed by atoms with Crippen molar-refractivity contribution < 1.29 is 38.2 Å². The number of amides is 1. The minimum Gasteiger partial charge on any atom is -0.493 e. The smallest absolute Gasteiger partial charge is 0.408 e. The molecule has 1 amide bonds. The average Bonchev–Trinajstić information content (AvgIpc) is 2.64. The molecule has 1 aromatic rings. The number of rotatable bonds is 9. The van der Waals surface area contributed by atoms with E-state index in [1.54, 1.807) is 20.8 Å². The van der Waals surface area contributed by atoms with Crippen molar-refractivity contribution in [3.05, 3.63) is 27.8 Å². The van der Waals surface area contributed by atoms with Crippen molar-refractivity contribution in [3.63, 3.8) is 0 Å². The molecule has 0 aliphatic carbocycles. The minimum absolute atomic E-state index is 0.196. The van der Waals surface area contributed by atoms with Gasteiger partial charge in [-0.1, -0.05) is 0 Å². The van der Waals surface area contributed by atoms with Crippen molar-refractivity contribution in [3.8, 4) is 11.5 Å². The Morgan fingerprint density at radius 3 is 2.21 bits per heavy atom. The Balaban J connectivity index is 2.90. The minimum atomic E-state index is -1.16. The van der Waals surface area contributed by atoms with Crippen LogP contribution in [0.4, 0.5) is 10.5 Å². The quantitative estimate of drug-likeness (QED) is 0.366. The van der Waals surface area contributed by atoms with E-state index in [0.29, 0.717) is 0 Å². The normalized spacial score (nSPS) is 11.9. The molecule has 0 spiro atoms. The highest BCUT2D eigenvalue weighted by atomic mass is 16.6. The van der Waals surface area contributed by atoms with E-state index in [1.807, 2.05) is 0 Å². The molecule has 1 aromatic carbocycles. The second kappa shape index (κ2) is 10.5. The van der Waals surface area contributed by atoms with Gasteiger partial charge in [0.15, 0.2) is 17.5 Å². The molecule has 1 N–H and O–H groups in total. The predicted octanol–water partition coefficient (Wildman–Crippen LogP) is 2.19. The third-order valence-corrected chi connectivity index (χ3v) is 3.50. The van der Waals surface area contributed by atoms with Crippen LogP contribution in [0.3, 0.4) is 0 Å². The third kappa shape index (κ3) is 7.45. The Morgan fingerprint density at radius 2 is 1.72 bits per heavy atom. The Bertz CT molecular complexity index is 744. The summed E-state index contributed by atoms with van der Waals surface area (Å²) in [4.78, 5) is 34.5. The number of nitro benzene ring substituents is 1. The van der Waals surface area contributed by atoms with Gasteiger partial charge in [-0.2, -0.15) is 0 Å². The lowest BCUT2D eigenvalue weighted by Crippen LogP contribution is -2.46. The molecule has 1 rings (SSSR count). The SMILES string of the molecule is COC(=O)[C@H](COCc1cc(OC)c(OC)cc1[N+](=O)[O-])NC(=O)OC(C)(C)C. The molecule has 0 fully saturated rings. The van der Waals surface area contributed by atoms with Crippen LogP contribution in [-0.4, -0.2) is 56.6 Å². The van der Waals surface area contributed by atoms with Crippen LogP contribution in [0.15, 0.2) is 12.1 Å². The highest BCUT2D eigenvalue weighted by Gasteiger charge is 2.26. The molecule has 1 atom stereocenters. The number of benzene rings is 1. The first-order valence-electron chi connectivity index (χ1n) is 8.56. The van der Waals surface area contributed by atoms with E-state index in [0.717, 1.165) is 7.11 Å². The van der Waals surface area contributed by atoms with Crippen molar-refractivity contribution in [2.24, 2.45) is 0 Å². The summed E-state index contributed by atoms with van der Waals surface area (Å²) < 4.78 is 25.4. The average molecular weight is 414 g/mol. The zero-order valence-electron chi connectivity index (χ0n) is 17.3. The Hall–Kier alpha value is -3.08. The van der Waals surface area contributed by atoms with Crippen LogP contribution >= 0.6 is 0 Å². The molecule has 11 nitrogen and oxygen atoms in total. The molecule has 0 aliphatic heterocycles. The molecule has 29 heavy (non-hydrogen) atoms. The van der Waals surface area contributed by atoms with E-state index in [4.69, 9.17) is 18.9 Å². The van der Waals surface area contributed by atoms with Gasteiger partial charge in [0, 0.05) is 0 Å². The van der Waals surface area contributed by atoms with Gasteiger partial charge < -0.3 is 29.0 Å². The van der Waals surface area contributed by atoms with Gasteiger partial charge in [-0.05, 0) is 26.8 Å². The molecule has 0 radical (unpaired) electrons. The second-order valence-corrected chi connectivity index (χ2v) is 6.83. The van der Waals surface area contributed by atoms with Gasteiger partial charge in [0.1, 0.15) is 5.60 Å². The second-order valence-electron chi connectivity index (χ2n) is 6.83. The lowest BCUT2D eigenvalue weighted by Gasteiger charge is -2.22. The van der Waals surface area contributed by atoms with Crippen LogP contribution in [0, 0.1) is 10.1 Å². The van der Waals surface area contributed by atoms with E-state index in [2.05, 4.69) is 10.1 Å². The Kier molecular flexibility index (Phi) is 8.64. The van der Waals surface area contributed by atoms with E-state index >= 15 is 0 Å². The molecule has 0 unspecified atom stereocenters. The van der Waals surface area contributed by atoms with Gasteiger partial charge in [-0.25, -0.2) is 9.59 Å². The standard InChI is InChI=1S/C18H26N2O9/c1-18(2,3)29-17(22)19-12(16(21)27-6)10-28-9-11-7-14(25-4)15(26-5)8-13(11)20(23)24/h7-8,12H,9-10H2,1-6H3,(H,19,22)/t12-/m0/s1. The number of alkyl carbamates (subject to hydrolysis) is 1. The van der Waals surface area contributed by atoms with Gasteiger partial charge >= 0.3 is 12.1 Å². The fourth-order valence-electron chi connectivity index (χ4n) is 2.24. The number of nitrogens with one attached hydrogen (secondary N) is 1. The molecule has 0 aliphatic rings. The number of esters is 1. The number of hydrogen-bond acceptors (Lipinski definition) is 9. The van der Waals surface area contributed by atoms with Gasteiger partial charge in [0.05, 0.1) is 51.1 Å². The monoisotopic (exact) mass is 414 g/mol. The number of ether oxygens (including phenoxy) is 5. The van der Waals surface area contributed by atoms with Gasteiger partial charge in [-0.3, -0.25) is 10.1 Å². The topological polar surface area (TPSA) is 135 Å². The lowest BCUT2D eigenvalue weighted by atomic mass is 10.1. The number of hydrogen-bond donors (Lipinski definition) is 1. The zero-order valence-corrected chi connectivity index (χ0v) is 17.3. The van der Waals surface area contributed by atoms with Crippen LogP contribution < -0.4 is 14.8 Å². The van der Waals surface area contributed by atoms with E-state index in [1.165, 1.54) is 26.4 Å². The van der Waals surface area contributed by atoms with Crippen molar-refractivity contribution in [1.29, 1.82) is 0 Å². The summed E-state index contributed by atoms with van der Waals surface area (Å²) in [5.41, 5.74) is -0.794. The molecule has 11 heteroatoms. The lowest BCUT2D eigenvalue weighted by molar-refractivity contribution is -0.386. The highest BCUT2D eigenvalue weighted by Crippen LogP contribution is 2.34. The van der Waals surface area contributed by atoms with Crippen LogP contribution in [0.2, 0.25) is 0 Å². The van der Waals surface area contributed by atoms with Gasteiger partial charge in [-0.15, -0.1) is 0 Å². The summed E-state index contributed by atoms with van der Waals surface area (Å²) >= 11 is 0. The molecule has 0 saturated heterocycles. The van der Waals surface area contributed by atoms with E-state index < -0.39 is 28.6 Å². The number of nitro groups is 1. The maximum absolute atomic E-state index is 11.9. The first-order valence-corrected chi connectivity index (χ1v) is 8.56. The van der Waals surface area contributed by atoms with E-state index in [-0.39, 0.29) is 36.0 Å². The molecule has 0 heterocycles. The summed E-state index contributed by atoms with van der Waals surface area (Å²) in [6.07, 6.45) is -0.825. The van der Waals surface area contributed by atoms with Crippen LogP contribution in [0.5, 0.6) is 11.5 Å². The summed E-state index contributed by atoms with van der Waals surface area (Å²) in [6, 6.07) is 1.47. The van der Waals surface area contributed by atoms with Crippen LogP contribution in [0.1, 0.15) is 26.3 Å². The molecular formula is C18H26N2O9. The fraction of sp³-hybridized carbons (Fsp3) is 0.556. The molecular weight excluding hydrogens is 388 g/mol. The summed E-state index contributed by atoms with van der Waals surface area (Å²) in [6.45, 7) is 4.50. The summed E-state index contributed by atoms with van der Waals surface area (Å²) in [7, 11) is 3.92. The zero-order chi connectivity index (χ0) is 22.2. The summed E-state index contributed by atoms with van der Waals surface area (Å²) in [5, 5.41) is 13.7. The van der Waals surface area contributed by atoms with Gasteiger partial charge in [0.2, 0.25) is 0 Å². The van der Waals surface area contributed by atoms with Crippen LogP contribution in [-0.2, 0) is 25.6 Å². The summed E-state index contributed by atoms with van der Waals surface area (Å²) in [5.74, 6) is -0.271. The molecule has 0 saturated carbocycles. The highest BCUT2D eigenvalue weighted by molar-refractivity contribution is 5.81. The van der Waals surface area contributed by atoms with Crippen molar-refractivity contribution in [1.82, 2.24) is 5.32 Å². The largest absolute Gasteiger partial charge is 0.493 e. The van der Waals surface area contributed by atoms with Crippen LogP contribution in [0.25, 0.3) is 0 Å². The molecule has 162 valence electrons. The first kappa shape index (κ1) is 24.0. The third-order valence-electron chi connectivity index (χ3n) is 3.50. The molecule has 0 aromatic heterocycles.